The summed E-state index contributed by atoms with van der Waals surface area (Å²) in [4.78, 5) is 14.3. The Balaban J connectivity index is 1.96. The Kier molecular flexibility index (Phi) is 2.99. The van der Waals surface area contributed by atoms with Crippen LogP contribution in [0.25, 0.3) is 0 Å². The second kappa shape index (κ2) is 4.02. The molecule has 1 saturated carbocycles. The van der Waals surface area contributed by atoms with E-state index < -0.39 is 5.54 Å². The van der Waals surface area contributed by atoms with Crippen LogP contribution in [-0.4, -0.2) is 29.4 Å². The van der Waals surface area contributed by atoms with E-state index in [1.54, 1.807) is 0 Å². The third kappa shape index (κ3) is 2.24. The number of carbonyl (C=O) groups is 1. The van der Waals surface area contributed by atoms with Crippen molar-refractivity contribution in [3.8, 4) is 0 Å². The van der Waals surface area contributed by atoms with Crippen LogP contribution < -0.4 is 5.73 Å². The summed E-state index contributed by atoms with van der Waals surface area (Å²) >= 11 is 0. The molecule has 16 heavy (non-hydrogen) atoms. The molecule has 1 aliphatic carbocycles. The van der Waals surface area contributed by atoms with Gasteiger partial charge in [0.25, 0.3) is 0 Å². The van der Waals surface area contributed by atoms with Gasteiger partial charge in [0.15, 0.2) is 0 Å². The molecule has 1 amide bonds. The fourth-order valence-corrected chi connectivity index (χ4v) is 2.85. The lowest BCUT2D eigenvalue weighted by atomic mass is 9.82. The summed E-state index contributed by atoms with van der Waals surface area (Å²) in [6.45, 7) is 6.35. The van der Waals surface area contributed by atoms with Gasteiger partial charge in [0, 0.05) is 13.1 Å². The second-order valence-electron chi connectivity index (χ2n) is 6.32. The SMILES string of the molecule is CC1(C)CCN(C(=O)C2(N)CCCC2)CC1. The number of hydrogen-bond donors (Lipinski definition) is 1. The highest BCUT2D eigenvalue weighted by Gasteiger charge is 2.41. The third-order valence-corrected chi connectivity index (χ3v) is 4.33. The zero-order valence-corrected chi connectivity index (χ0v) is 10.6. The lowest BCUT2D eigenvalue weighted by Crippen LogP contribution is -2.55. The van der Waals surface area contributed by atoms with Gasteiger partial charge in [0.2, 0.25) is 5.91 Å². The number of piperidine rings is 1. The van der Waals surface area contributed by atoms with Gasteiger partial charge in [-0.3, -0.25) is 4.79 Å². The van der Waals surface area contributed by atoms with Gasteiger partial charge in [-0.1, -0.05) is 26.7 Å². The lowest BCUT2D eigenvalue weighted by Gasteiger charge is -2.40. The smallest absolute Gasteiger partial charge is 0.242 e. The highest BCUT2D eigenvalue weighted by molar-refractivity contribution is 5.86. The summed E-state index contributed by atoms with van der Waals surface area (Å²) < 4.78 is 0. The van der Waals surface area contributed by atoms with E-state index in [1.807, 2.05) is 4.90 Å². The van der Waals surface area contributed by atoms with Crippen molar-refractivity contribution in [2.45, 2.75) is 57.9 Å². The van der Waals surface area contributed by atoms with Gasteiger partial charge < -0.3 is 10.6 Å². The van der Waals surface area contributed by atoms with Gasteiger partial charge >= 0.3 is 0 Å². The summed E-state index contributed by atoms with van der Waals surface area (Å²) in [7, 11) is 0. The minimum Gasteiger partial charge on any atom is -0.341 e. The van der Waals surface area contributed by atoms with E-state index >= 15 is 0 Å². The first-order valence-electron chi connectivity index (χ1n) is 6.51. The molecule has 2 fully saturated rings. The van der Waals surface area contributed by atoms with Crippen LogP contribution in [0, 0.1) is 5.41 Å². The Bertz CT molecular complexity index is 270. The topological polar surface area (TPSA) is 46.3 Å². The number of amides is 1. The average Bonchev–Trinajstić information content (AvgIpc) is 2.66. The standard InChI is InChI=1S/C13H24N2O/c1-12(2)7-9-15(10-8-12)11(16)13(14)5-3-4-6-13/h3-10,14H2,1-2H3. The average molecular weight is 224 g/mol. The molecule has 1 saturated heterocycles. The first-order valence-corrected chi connectivity index (χ1v) is 6.51. The van der Waals surface area contributed by atoms with Crippen LogP contribution in [0.3, 0.4) is 0 Å². The molecule has 2 N–H and O–H groups in total. The number of nitrogens with two attached hydrogens (primary N) is 1. The zero-order valence-electron chi connectivity index (χ0n) is 10.6. The van der Waals surface area contributed by atoms with E-state index in [0.29, 0.717) is 5.41 Å². The number of rotatable bonds is 1. The largest absolute Gasteiger partial charge is 0.341 e. The Hall–Kier alpha value is -0.570. The molecule has 1 aliphatic heterocycles. The van der Waals surface area contributed by atoms with Gasteiger partial charge in [0.05, 0.1) is 5.54 Å². The second-order valence-corrected chi connectivity index (χ2v) is 6.32. The number of hydrogen-bond acceptors (Lipinski definition) is 2. The van der Waals surface area contributed by atoms with Crippen molar-refractivity contribution < 1.29 is 4.79 Å². The highest BCUT2D eigenvalue weighted by Crippen LogP contribution is 2.33. The fraction of sp³-hybridized carbons (Fsp3) is 0.923. The van der Waals surface area contributed by atoms with Gasteiger partial charge in [-0.05, 0) is 31.1 Å². The van der Waals surface area contributed by atoms with Crippen LogP contribution in [-0.2, 0) is 4.79 Å². The quantitative estimate of drug-likeness (QED) is 0.739. The summed E-state index contributed by atoms with van der Waals surface area (Å²) in [6, 6.07) is 0. The van der Waals surface area contributed by atoms with Gasteiger partial charge in [-0.25, -0.2) is 0 Å². The van der Waals surface area contributed by atoms with Crippen molar-refractivity contribution in [2.75, 3.05) is 13.1 Å². The van der Waals surface area contributed by atoms with Crippen LogP contribution in [0.15, 0.2) is 0 Å². The maximum Gasteiger partial charge on any atom is 0.242 e. The lowest BCUT2D eigenvalue weighted by molar-refractivity contribution is -0.138. The van der Waals surface area contributed by atoms with Crippen LogP contribution in [0.4, 0.5) is 0 Å². The van der Waals surface area contributed by atoms with E-state index in [4.69, 9.17) is 5.73 Å². The first-order chi connectivity index (χ1) is 7.43. The molecule has 92 valence electrons. The van der Waals surface area contributed by atoms with E-state index in [1.165, 1.54) is 0 Å². The molecule has 3 heteroatoms. The van der Waals surface area contributed by atoms with Crippen molar-refractivity contribution in [3.63, 3.8) is 0 Å². The van der Waals surface area contributed by atoms with Crippen molar-refractivity contribution >= 4 is 5.91 Å². The van der Waals surface area contributed by atoms with E-state index in [2.05, 4.69) is 13.8 Å². The molecule has 0 spiro atoms. The first kappa shape index (κ1) is 11.9. The minimum absolute atomic E-state index is 0.209. The maximum atomic E-state index is 12.3. The van der Waals surface area contributed by atoms with Crippen molar-refractivity contribution in [1.82, 2.24) is 4.90 Å². The molecule has 0 atom stereocenters. The molecule has 0 radical (unpaired) electrons. The van der Waals surface area contributed by atoms with Crippen LogP contribution in [0.2, 0.25) is 0 Å². The molecule has 1 heterocycles. The Morgan fingerprint density at radius 3 is 2.06 bits per heavy atom. The summed E-state index contributed by atoms with van der Waals surface area (Å²) in [5.74, 6) is 0.209. The van der Waals surface area contributed by atoms with Crippen LogP contribution >= 0.6 is 0 Å². The monoisotopic (exact) mass is 224 g/mol. The molecule has 0 aromatic heterocycles. The molecule has 2 rings (SSSR count). The van der Waals surface area contributed by atoms with E-state index in [0.717, 1.165) is 51.6 Å². The fourth-order valence-electron chi connectivity index (χ4n) is 2.85. The zero-order chi connectivity index (χ0) is 11.8. The van der Waals surface area contributed by atoms with Gasteiger partial charge in [-0.2, -0.15) is 0 Å². The Morgan fingerprint density at radius 2 is 1.56 bits per heavy atom. The summed E-state index contributed by atoms with van der Waals surface area (Å²) in [6.07, 6.45) is 6.20. The molecule has 0 aromatic carbocycles. The molecule has 0 aromatic rings. The van der Waals surface area contributed by atoms with Crippen molar-refractivity contribution in [1.29, 1.82) is 0 Å². The van der Waals surface area contributed by atoms with Crippen LogP contribution in [0.5, 0.6) is 0 Å². The maximum absolute atomic E-state index is 12.3. The number of carbonyl (C=O) groups excluding carboxylic acids is 1. The van der Waals surface area contributed by atoms with Gasteiger partial charge in [0.1, 0.15) is 0 Å². The summed E-state index contributed by atoms with van der Waals surface area (Å²) in [5.41, 5.74) is 6.08. The van der Waals surface area contributed by atoms with Crippen LogP contribution in [0.1, 0.15) is 52.4 Å². The van der Waals surface area contributed by atoms with E-state index in [-0.39, 0.29) is 5.91 Å². The third-order valence-electron chi connectivity index (χ3n) is 4.33. The van der Waals surface area contributed by atoms with Crippen molar-refractivity contribution in [2.24, 2.45) is 11.1 Å². The molecular weight excluding hydrogens is 200 g/mol. The molecule has 2 aliphatic rings. The number of likely N-dealkylation sites (tertiary alicyclic amines) is 1. The summed E-state index contributed by atoms with van der Waals surface area (Å²) in [5, 5.41) is 0. The minimum atomic E-state index is -0.526. The highest BCUT2D eigenvalue weighted by atomic mass is 16.2. The van der Waals surface area contributed by atoms with Crippen molar-refractivity contribution in [3.05, 3.63) is 0 Å². The number of nitrogens with zero attached hydrogens (tertiary/aromatic N) is 1. The molecule has 0 unspecified atom stereocenters. The molecule has 3 nitrogen and oxygen atoms in total. The Morgan fingerprint density at radius 1 is 1.06 bits per heavy atom. The van der Waals surface area contributed by atoms with Gasteiger partial charge in [-0.15, -0.1) is 0 Å². The predicted octanol–water partition coefficient (Wildman–Crippen LogP) is 1.91. The predicted molar refractivity (Wildman–Crippen MR) is 65.0 cm³/mol. The molecule has 0 bridgehead atoms. The normalized spacial score (nSPS) is 28.1. The Labute approximate surface area is 98.4 Å². The molecular formula is C13H24N2O. The van der Waals surface area contributed by atoms with E-state index in [9.17, 15) is 4.79 Å².